The van der Waals surface area contributed by atoms with Crippen LogP contribution in [-0.4, -0.2) is 37.1 Å². The first-order valence-corrected chi connectivity index (χ1v) is 9.21. The predicted molar refractivity (Wildman–Crippen MR) is 103 cm³/mol. The van der Waals surface area contributed by atoms with Crippen LogP contribution in [0.1, 0.15) is 30.4 Å². The van der Waals surface area contributed by atoms with E-state index >= 15 is 0 Å². The van der Waals surface area contributed by atoms with Crippen LogP contribution in [-0.2, 0) is 4.79 Å². The van der Waals surface area contributed by atoms with Crippen molar-refractivity contribution in [1.82, 2.24) is 4.90 Å². The first-order chi connectivity index (χ1) is 12.5. The lowest BCUT2D eigenvalue weighted by Crippen LogP contribution is -2.39. The van der Waals surface area contributed by atoms with Crippen molar-refractivity contribution in [1.29, 1.82) is 0 Å². The Hall–Kier alpha value is -2.20. The summed E-state index contributed by atoms with van der Waals surface area (Å²) < 4.78 is 11.0. The largest absolute Gasteiger partial charge is 0.497 e. The van der Waals surface area contributed by atoms with Gasteiger partial charge in [-0.3, -0.25) is 4.79 Å². The molecule has 0 spiro atoms. The number of benzene rings is 2. The molecule has 26 heavy (non-hydrogen) atoms. The molecule has 3 rings (SSSR count). The zero-order chi connectivity index (χ0) is 18.7. The lowest BCUT2D eigenvalue weighted by Gasteiger charge is -2.22. The monoisotopic (exact) mass is 373 g/mol. The van der Waals surface area contributed by atoms with Crippen LogP contribution in [0.25, 0.3) is 0 Å². The molecule has 2 atom stereocenters. The van der Waals surface area contributed by atoms with E-state index in [1.807, 2.05) is 30.0 Å². The van der Waals surface area contributed by atoms with Crippen molar-refractivity contribution in [3.8, 4) is 11.5 Å². The van der Waals surface area contributed by atoms with Crippen LogP contribution in [0.2, 0.25) is 5.02 Å². The highest BCUT2D eigenvalue weighted by Crippen LogP contribution is 2.29. The average molecular weight is 374 g/mol. The lowest BCUT2D eigenvalue weighted by molar-refractivity contribution is -0.136. The van der Waals surface area contributed by atoms with Crippen molar-refractivity contribution in [3.63, 3.8) is 0 Å². The molecular formula is C21H24ClNO3. The van der Waals surface area contributed by atoms with Crippen molar-refractivity contribution in [2.24, 2.45) is 0 Å². The Morgan fingerprint density at radius 1 is 1.19 bits per heavy atom. The van der Waals surface area contributed by atoms with Gasteiger partial charge in [-0.25, -0.2) is 0 Å². The number of likely N-dealkylation sites (tertiary alicyclic amines) is 1. The summed E-state index contributed by atoms with van der Waals surface area (Å²) in [5, 5.41) is 0.693. The van der Waals surface area contributed by atoms with Gasteiger partial charge in [0.1, 0.15) is 11.5 Å². The molecule has 0 radical (unpaired) electrons. The van der Waals surface area contributed by atoms with Crippen molar-refractivity contribution in [2.75, 3.05) is 20.2 Å². The number of aryl methyl sites for hydroxylation is 1. The minimum atomic E-state index is -0.523. The van der Waals surface area contributed by atoms with Crippen LogP contribution in [0.3, 0.4) is 0 Å². The number of ether oxygens (including phenoxy) is 2. The Morgan fingerprint density at radius 2 is 1.88 bits per heavy atom. The van der Waals surface area contributed by atoms with Crippen LogP contribution < -0.4 is 9.47 Å². The molecule has 0 bridgehead atoms. The second-order valence-electron chi connectivity index (χ2n) is 6.71. The van der Waals surface area contributed by atoms with Crippen LogP contribution in [0, 0.1) is 6.92 Å². The molecule has 0 saturated carbocycles. The number of hydrogen-bond acceptors (Lipinski definition) is 3. The molecule has 2 aromatic carbocycles. The van der Waals surface area contributed by atoms with Gasteiger partial charge in [0.15, 0.2) is 6.10 Å². The number of carbonyl (C=O) groups excluding carboxylic acids is 1. The normalized spacial score (nSPS) is 17.8. The maximum absolute atomic E-state index is 12.7. The third kappa shape index (κ3) is 4.13. The van der Waals surface area contributed by atoms with E-state index < -0.39 is 6.10 Å². The predicted octanol–water partition coefficient (Wildman–Crippen LogP) is 4.44. The molecule has 2 unspecified atom stereocenters. The molecule has 1 aliphatic rings. The van der Waals surface area contributed by atoms with Gasteiger partial charge in [-0.05, 0) is 61.7 Å². The van der Waals surface area contributed by atoms with Gasteiger partial charge in [0.2, 0.25) is 0 Å². The Labute approximate surface area is 159 Å². The number of methoxy groups -OCH3 is 1. The van der Waals surface area contributed by atoms with E-state index in [1.165, 1.54) is 5.56 Å². The molecule has 0 N–H and O–H groups in total. The molecule has 1 fully saturated rings. The van der Waals surface area contributed by atoms with Gasteiger partial charge in [-0.2, -0.15) is 0 Å². The fraction of sp³-hybridized carbons (Fsp3) is 0.381. The molecule has 5 heteroatoms. The minimum Gasteiger partial charge on any atom is -0.497 e. The van der Waals surface area contributed by atoms with Gasteiger partial charge in [0.25, 0.3) is 5.91 Å². The van der Waals surface area contributed by atoms with E-state index in [1.54, 1.807) is 26.2 Å². The van der Waals surface area contributed by atoms with Gasteiger partial charge < -0.3 is 14.4 Å². The van der Waals surface area contributed by atoms with E-state index in [0.29, 0.717) is 16.7 Å². The number of hydrogen-bond donors (Lipinski definition) is 0. The third-order valence-electron chi connectivity index (χ3n) is 4.88. The van der Waals surface area contributed by atoms with E-state index in [9.17, 15) is 4.79 Å². The molecule has 1 aliphatic heterocycles. The SMILES string of the molecule is COc1ccc(C2CCN(C(=O)C(C)Oc3ccc(Cl)c(C)c3)C2)cc1. The van der Waals surface area contributed by atoms with Crippen LogP contribution in [0.15, 0.2) is 42.5 Å². The van der Waals surface area contributed by atoms with Crippen molar-refractivity contribution in [3.05, 3.63) is 58.6 Å². The summed E-state index contributed by atoms with van der Waals surface area (Å²) in [5.74, 6) is 1.89. The van der Waals surface area contributed by atoms with E-state index in [-0.39, 0.29) is 5.91 Å². The number of rotatable bonds is 5. The van der Waals surface area contributed by atoms with Crippen molar-refractivity contribution in [2.45, 2.75) is 32.3 Å². The highest BCUT2D eigenvalue weighted by atomic mass is 35.5. The van der Waals surface area contributed by atoms with Gasteiger partial charge in [-0.1, -0.05) is 23.7 Å². The fourth-order valence-electron chi connectivity index (χ4n) is 3.31. The molecule has 0 aliphatic carbocycles. The number of carbonyl (C=O) groups is 1. The van der Waals surface area contributed by atoms with Gasteiger partial charge in [0.05, 0.1) is 7.11 Å². The minimum absolute atomic E-state index is 0.0219. The van der Waals surface area contributed by atoms with Crippen LogP contribution in [0.4, 0.5) is 0 Å². The molecule has 1 saturated heterocycles. The Kier molecular flexibility index (Phi) is 5.72. The summed E-state index contributed by atoms with van der Waals surface area (Å²) >= 11 is 6.04. The second-order valence-corrected chi connectivity index (χ2v) is 7.12. The van der Waals surface area contributed by atoms with Crippen LogP contribution in [0.5, 0.6) is 11.5 Å². The van der Waals surface area contributed by atoms with E-state index in [2.05, 4.69) is 12.1 Å². The molecule has 2 aromatic rings. The average Bonchev–Trinajstić information content (AvgIpc) is 3.14. The van der Waals surface area contributed by atoms with Gasteiger partial charge >= 0.3 is 0 Å². The fourth-order valence-corrected chi connectivity index (χ4v) is 3.43. The molecule has 1 heterocycles. The number of amides is 1. The first-order valence-electron chi connectivity index (χ1n) is 8.83. The summed E-state index contributed by atoms with van der Waals surface area (Å²) in [7, 11) is 1.66. The Morgan fingerprint density at radius 3 is 2.54 bits per heavy atom. The first kappa shape index (κ1) is 18.6. The summed E-state index contributed by atoms with van der Waals surface area (Å²) in [6.07, 6.45) is 0.440. The third-order valence-corrected chi connectivity index (χ3v) is 5.30. The standard InChI is InChI=1S/C21H24ClNO3/c1-14-12-19(8-9-20(14)22)26-15(2)21(24)23-11-10-17(13-23)16-4-6-18(25-3)7-5-16/h4-9,12,15,17H,10-11,13H2,1-3H3. The zero-order valence-electron chi connectivity index (χ0n) is 15.4. The highest BCUT2D eigenvalue weighted by Gasteiger charge is 2.30. The number of halogens is 1. The van der Waals surface area contributed by atoms with Gasteiger partial charge in [0, 0.05) is 24.0 Å². The second kappa shape index (κ2) is 8.00. The lowest BCUT2D eigenvalue weighted by atomic mass is 9.98. The molecule has 138 valence electrons. The molecule has 4 nitrogen and oxygen atoms in total. The molecule has 0 aromatic heterocycles. The number of nitrogens with zero attached hydrogens (tertiary/aromatic N) is 1. The summed E-state index contributed by atoms with van der Waals surface area (Å²) in [6, 6.07) is 13.5. The van der Waals surface area contributed by atoms with Crippen molar-refractivity contribution >= 4 is 17.5 Å². The van der Waals surface area contributed by atoms with Crippen molar-refractivity contribution < 1.29 is 14.3 Å². The molecule has 1 amide bonds. The Bertz CT molecular complexity index is 775. The smallest absolute Gasteiger partial charge is 0.263 e. The van der Waals surface area contributed by atoms with Gasteiger partial charge in [-0.15, -0.1) is 0 Å². The van der Waals surface area contributed by atoms with E-state index in [4.69, 9.17) is 21.1 Å². The highest BCUT2D eigenvalue weighted by molar-refractivity contribution is 6.31. The molecular weight excluding hydrogens is 350 g/mol. The quantitative estimate of drug-likeness (QED) is 0.777. The zero-order valence-corrected chi connectivity index (χ0v) is 16.1. The topological polar surface area (TPSA) is 38.8 Å². The maximum Gasteiger partial charge on any atom is 0.263 e. The summed E-state index contributed by atoms with van der Waals surface area (Å²) in [4.78, 5) is 14.6. The summed E-state index contributed by atoms with van der Waals surface area (Å²) in [5.41, 5.74) is 2.17. The Balaban J connectivity index is 1.60. The van der Waals surface area contributed by atoms with E-state index in [0.717, 1.165) is 30.8 Å². The van der Waals surface area contributed by atoms with Crippen LogP contribution >= 0.6 is 11.6 Å². The maximum atomic E-state index is 12.7. The summed E-state index contributed by atoms with van der Waals surface area (Å²) in [6.45, 7) is 5.19.